The van der Waals surface area contributed by atoms with Gasteiger partial charge in [-0.05, 0) is 61.8 Å². The second kappa shape index (κ2) is 4.69. The zero-order chi connectivity index (χ0) is 12.5. The predicted molar refractivity (Wildman–Crippen MR) is 71.2 cm³/mol. The molecule has 17 heavy (non-hydrogen) atoms. The normalized spacial score (nSPS) is 29.1. The highest BCUT2D eigenvalue weighted by atomic mass is 16.5. The van der Waals surface area contributed by atoms with E-state index in [-0.39, 0.29) is 5.54 Å². The molecule has 0 radical (unpaired) electrons. The molecule has 1 aromatic rings. The van der Waals surface area contributed by atoms with Gasteiger partial charge in [-0.3, -0.25) is 0 Å². The molecule has 2 heteroatoms. The minimum Gasteiger partial charge on any atom is -0.497 e. The molecule has 1 aliphatic carbocycles. The van der Waals surface area contributed by atoms with Crippen molar-refractivity contribution in [2.24, 2.45) is 11.7 Å². The van der Waals surface area contributed by atoms with Crippen LogP contribution in [0.4, 0.5) is 0 Å². The molecule has 1 aromatic carbocycles. The lowest BCUT2D eigenvalue weighted by Crippen LogP contribution is -2.40. The van der Waals surface area contributed by atoms with E-state index in [0.29, 0.717) is 0 Å². The Morgan fingerprint density at radius 3 is 2.47 bits per heavy atom. The van der Waals surface area contributed by atoms with Crippen molar-refractivity contribution in [3.05, 3.63) is 29.3 Å². The maximum absolute atomic E-state index is 6.59. The number of nitrogens with two attached hydrogens (primary N) is 1. The van der Waals surface area contributed by atoms with Crippen molar-refractivity contribution in [3.8, 4) is 5.75 Å². The molecule has 0 amide bonds. The minimum atomic E-state index is -0.122. The van der Waals surface area contributed by atoms with Crippen LogP contribution in [0.1, 0.15) is 43.7 Å². The average Bonchev–Trinajstić information content (AvgIpc) is 2.33. The van der Waals surface area contributed by atoms with E-state index >= 15 is 0 Å². The van der Waals surface area contributed by atoms with Gasteiger partial charge < -0.3 is 10.5 Å². The van der Waals surface area contributed by atoms with E-state index in [9.17, 15) is 0 Å². The van der Waals surface area contributed by atoms with Crippen LogP contribution >= 0.6 is 0 Å². The summed E-state index contributed by atoms with van der Waals surface area (Å²) in [5.74, 6) is 1.74. The summed E-state index contributed by atoms with van der Waals surface area (Å²) in [5.41, 5.74) is 9.02. The number of methoxy groups -OCH3 is 1. The first-order valence-electron chi connectivity index (χ1n) is 6.49. The van der Waals surface area contributed by atoms with Crippen LogP contribution in [-0.4, -0.2) is 7.11 Å². The Morgan fingerprint density at radius 1 is 1.29 bits per heavy atom. The van der Waals surface area contributed by atoms with Crippen LogP contribution in [-0.2, 0) is 5.54 Å². The molecule has 0 saturated heterocycles. The molecule has 0 bridgehead atoms. The third kappa shape index (κ3) is 2.47. The fraction of sp³-hybridized carbons (Fsp3) is 0.600. The van der Waals surface area contributed by atoms with Gasteiger partial charge in [0.05, 0.1) is 7.11 Å². The van der Waals surface area contributed by atoms with E-state index in [0.717, 1.165) is 24.5 Å². The van der Waals surface area contributed by atoms with Crippen molar-refractivity contribution >= 4 is 0 Å². The Morgan fingerprint density at radius 2 is 1.94 bits per heavy atom. The largest absolute Gasteiger partial charge is 0.497 e. The lowest BCUT2D eigenvalue weighted by molar-refractivity contribution is 0.247. The van der Waals surface area contributed by atoms with Crippen molar-refractivity contribution < 1.29 is 4.74 Å². The second-order valence-electron chi connectivity index (χ2n) is 5.52. The van der Waals surface area contributed by atoms with E-state index < -0.39 is 0 Å². The van der Waals surface area contributed by atoms with Crippen LogP contribution in [0.5, 0.6) is 5.75 Å². The maximum atomic E-state index is 6.59. The second-order valence-corrected chi connectivity index (χ2v) is 5.52. The Kier molecular flexibility index (Phi) is 3.43. The highest BCUT2D eigenvalue weighted by Gasteiger charge is 2.32. The molecule has 0 atom stereocenters. The molecule has 1 aliphatic rings. The first-order valence-corrected chi connectivity index (χ1v) is 6.49. The molecule has 94 valence electrons. The van der Waals surface area contributed by atoms with E-state index in [2.05, 4.69) is 26.0 Å². The van der Waals surface area contributed by atoms with Crippen LogP contribution in [0, 0.1) is 12.8 Å². The summed E-state index contributed by atoms with van der Waals surface area (Å²) in [7, 11) is 1.70. The number of rotatable bonds is 2. The zero-order valence-corrected chi connectivity index (χ0v) is 11.1. The monoisotopic (exact) mass is 233 g/mol. The summed E-state index contributed by atoms with van der Waals surface area (Å²) in [4.78, 5) is 0. The van der Waals surface area contributed by atoms with Gasteiger partial charge in [0.2, 0.25) is 0 Å². The molecule has 1 fully saturated rings. The summed E-state index contributed by atoms with van der Waals surface area (Å²) in [5, 5.41) is 0. The van der Waals surface area contributed by atoms with Crippen LogP contribution in [0.15, 0.2) is 18.2 Å². The van der Waals surface area contributed by atoms with Crippen molar-refractivity contribution in [3.63, 3.8) is 0 Å². The van der Waals surface area contributed by atoms with Crippen molar-refractivity contribution in [1.29, 1.82) is 0 Å². The quantitative estimate of drug-likeness (QED) is 0.850. The van der Waals surface area contributed by atoms with Gasteiger partial charge >= 0.3 is 0 Å². The molecular weight excluding hydrogens is 210 g/mol. The molecule has 0 heterocycles. The molecule has 0 spiro atoms. The molecule has 1 saturated carbocycles. The highest BCUT2D eigenvalue weighted by Crippen LogP contribution is 2.39. The van der Waals surface area contributed by atoms with Gasteiger partial charge in [-0.1, -0.05) is 13.0 Å². The van der Waals surface area contributed by atoms with Crippen molar-refractivity contribution in [2.75, 3.05) is 7.11 Å². The number of benzene rings is 1. The molecular formula is C15H23NO. The molecule has 2 nitrogen and oxygen atoms in total. The summed E-state index contributed by atoms with van der Waals surface area (Å²) in [6.45, 7) is 4.45. The number of aryl methyl sites for hydroxylation is 1. The van der Waals surface area contributed by atoms with Gasteiger partial charge in [0.15, 0.2) is 0 Å². The van der Waals surface area contributed by atoms with Gasteiger partial charge in [-0.2, -0.15) is 0 Å². The van der Waals surface area contributed by atoms with Gasteiger partial charge in [0, 0.05) is 5.54 Å². The molecule has 0 aromatic heterocycles. The van der Waals surface area contributed by atoms with Gasteiger partial charge in [0.1, 0.15) is 5.75 Å². The Bertz CT molecular complexity index is 392. The fourth-order valence-electron chi connectivity index (χ4n) is 2.87. The van der Waals surface area contributed by atoms with Gasteiger partial charge in [-0.25, -0.2) is 0 Å². The molecule has 0 unspecified atom stereocenters. The van der Waals surface area contributed by atoms with Crippen LogP contribution in [0.2, 0.25) is 0 Å². The van der Waals surface area contributed by atoms with Crippen molar-refractivity contribution in [1.82, 2.24) is 0 Å². The Labute approximate surface area is 104 Å². The lowest BCUT2D eigenvalue weighted by Gasteiger charge is -2.37. The third-order valence-electron chi connectivity index (χ3n) is 4.14. The summed E-state index contributed by atoms with van der Waals surface area (Å²) in [6.07, 6.45) is 4.67. The number of hydrogen-bond acceptors (Lipinski definition) is 2. The van der Waals surface area contributed by atoms with Crippen molar-refractivity contribution in [2.45, 2.75) is 45.1 Å². The zero-order valence-electron chi connectivity index (χ0n) is 11.1. The molecule has 2 rings (SSSR count). The van der Waals surface area contributed by atoms with Gasteiger partial charge in [0.25, 0.3) is 0 Å². The Hall–Kier alpha value is -1.02. The van der Waals surface area contributed by atoms with Crippen LogP contribution < -0.4 is 10.5 Å². The Balaban J connectivity index is 2.27. The van der Waals surface area contributed by atoms with Crippen LogP contribution in [0.25, 0.3) is 0 Å². The molecule has 0 aliphatic heterocycles. The fourth-order valence-corrected chi connectivity index (χ4v) is 2.87. The third-order valence-corrected chi connectivity index (χ3v) is 4.14. The van der Waals surface area contributed by atoms with Crippen LogP contribution in [0.3, 0.4) is 0 Å². The smallest absolute Gasteiger partial charge is 0.119 e. The number of hydrogen-bond donors (Lipinski definition) is 1. The van der Waals surface area contributed by atoms with E-state index in [1.165, 1.54) is 24.0 Å². The summed E-state index contributed by atoms with van der Waals surface area (Å²) >= 11 is 0. The average molecular weight is 233 g/mol. The standard InChI is InChI=1S/C15H23NO/c1-11-6-8-15(16,9-7-11)14-5-4-13(17-3)10-12(14)2/h4-5,10-11H,6-9,16H2,1-3H3. The van der Waals surface area contributed by atoms with E-state index in [4.69, 9.17) is 10.5 Å². The highest BCUT2D eigenvalue weighted by molar-refractivity contribution is 5.39. The number of ether oxygens (including phenoxy) is 1. The summed E-state index contributed by atoms with van der Waals surface area (Å²) in [6, 6.07) is 6.25. The van der Waals surface area contributed by atoms with E-state index in [1.54, 1.807) is 7.11 Å². The topological polar surface area (TPSA) is 35.2 Å². The predicted octanol–water partition coefficient (Wildman–Crippen LogP) is 3.37. The lowest BCUT2D eigenvalue weighted by atomic mass is 9.73. The maximum Gasteiger partial charge on any atom is 0.119 e. The van der Waals surface area contributed by atoms with Gasteiger partial charge in [-0.15, -0.1) is 0 Å². The van der Waals surface area contributed by atoms with E-state index in [1.807, 2.05) is 6.07 Å². The molecule has 2 N–H and O–H groups in total. The first kappa shape index (κ1) is 12.4. The minimum absolute atomic E-state index is 0.122. The first-order chi connectivity index (χ1) is 8.05. The SMILES string of the molecule is COc1ccc(C2(N)CCC(C)CC2)c(C)c1. The summed E-state index contributed by atoms with van der Waals surface area (Å²) < 4.78 is 5.25.